The first-order valence-corrected chi connectivity index (χ1v) is 6.17. The van der Waals surface area contributed by atoms with E-state index >= 15 is 0 Å². The summed E-state index contributed by atoms with van der Waals surface area (Å²) in [6.07, 6.45) is 0. The topological polar surface area (TPSA) is 55.2 Å². The molecule has 0 aliphatic heterocycles. The van der Waals surface area contributed by atoms with Gasteiger partial charge in [0.15, 0.2) is 0 Å². The van der Waals surface area contributed by atoms with E-state index in [0.717, 1.165) is 16.1 Å². The second-order valence-electron chi connectivity index (χ2n) is 4.24. The van der Waals surface area contributed by atoms with Gasteiger partial charge in [-0.2, -0.15) is 0 Å². The predicted octanol–water partition coefficient (Wildman–Crippen LogP) is 4.17. The molecule has 0 unspecified atom stereocenters. The Hall–Kier alpha value is -2.07. The zero-order valence-electron chi connectivity index (χ0n) is 10.4. The van der Waals surface area contributed by atoms with Crippen LogP contribution in [0.15, 0.2) is 42.5 Å². The van der Waals surface area contributed by atoms with Crippen LogP contribution >= 0.6 is 11.6 Å². The van der Waals surface area contributed by atoms with Crippen molar-refractivity contribution in [1.29, 1.82) is 0 Å². The van der Waals surface area contributed by atoms with Crippen LogP contribution in [0.5, 0.6) is 0 Å². The molecular weight excluding hydrogens is 264 g/mol. The maximum Gasteiger partial charge on any atom is 0.271 e. The van der Waals surface area contributed by atoms with Crippen molar-refractivity contribution in [2.75, 3.05) is 5.32 Å². The molecule has 0 saturated carbocycles. The number of hydrogen-bond acceptors (Lipinski definition) is 3. The molecule has 0 radical (unpaired) electrons. The zero-order chi connectivity index (χ0) is 13.8. The summed E-state index contributed by atoms with van der Waals surface area (Å²) in [5.74, 6) is 0. The number of nitro groups is 1. The van der Waals surface area contributed by atoms with E-state index in [1.807, 2.05) is 25.1 Å². The van der Waals surface area contributed by atoms with E-state index in [-0.39, 0.29) is 5.69 Å². The number of hydrogen-bond donors (Lipinski definition) is 1. The van der Waals surface area contributed by atoms with Crippen LogP contribution < -0.4 is 5.32 Å². The summed E-state index contributed by atoms with van der Waals surface area (Å²) >= 11 is 6.05. The maximum atomic E-state index is 10.7. The number of non-ortho nitro benzene ring substituents is 1. The van der Waals surface area contributed by atoms with Crippen LogP contribution in [0, 0.1) is 17.0 Å². The molecule has 0 saturated heterocycles. The molecule has 0 aliphatic carbocycles. The molecule has 4 nitrogen and oxygen atoms in total. The number of rotatable bonds is 4. The lowest BCUT2D eigenvalue weighted by molar-refractivity contribution is -0.384. The first kappa shape index (κ1) is 13.4. The van der Waals surface area contributed by atoms with Gasteiger partial charge in [0.25, 0.3) is 5.69 Å². The summed E-state index contributed by atoms with van der Waals surface area (Å²) in [5.41, 5.74) is 2.85. The van der Waals surface area contributed by atoms with E-state index in [0.29, 0.717) is 12.2 Å². The van der Waals surface area contributed by atoms with Gasteiger partial charge in [0.05, 0.1) is 4.92 Å². The van der Waals surface area contributed by atoms with Gasteiger partial charge in [-0.3, -0.25) is 10.1 Å². The van der Waals surface area contributed by atoms with Gasteiger partial charge in [0, 0.05) is 29.4 Å². The van der Waals surface area contributed by atoms with Gasteiger partial charge in [-0.1, -0.05) is 29.8 Å². The van der Waals surface area contributed by atoms with Crippen LogP contribution in [-0.4, -0.2) is 4.92 Å². The normalized spacial score (nSPS) is 10.2. The predicted molar refractivity (Wildman–Crippen MR) is 76.6 cm³/mol. The summed E-state index contributed by atoms with van der Waals surface area (Å²) < 4.78 is 0. The highest BCUT2D eigenvalue weighted by Crippen LogP contribution is 2.20. The van der Waals surface area contributed by atoms with E-state index in [9.17, 15) is 10.1 Å². The second-order valence-corrected chi connectivity index (χ2v) is 4.65. The zero-order valence-corrected chi connectivity index (χ0v) is 11.1. The monoisotopic (exact) mass is 276 g/mol. The fourth-order valence-electron chi connectivity index (χ4n) is 1.68. The third kappa shape index (κ3) is 3.45. The highest BCUT2D eigenvalue weighted by atomic mass is 35.5. The Kier molecular flexibility index (Phi) is 4.02. The van der Waals surface area contributed by atoms with E-state index in [1.54, 1.807) is 12.1 Å². The summed E-state index contributed by atoms with van der Waals surface area (Å²) in [5, 5.41) is 14.5. The Morgan fingerprint density at radius 2 is 2.05 bits per heavy atom. The Labute approximate surface area is 116 Å². The summed E-state index contributed by atoms with van der Waals surface area (Å²) in [6.45, 7) is 2.52. The Bertz CT molecular complexity index is 614. The third-order valence-corrected chi connectivity index (χ3v) is 3.20. The third-order valence-electron chi connectivity index (χ3n) is 2.79. The van der Waals surface area contributed by atoms with E-state index in [4.69, 9.17) is 11.6 Å². The molecule has 0 fully saturated rings. The fraction of sp³-hybridized carbons (Fsp3) is 0.143. The molecule has 1 N–H and O–H groups in total. The molecule has 0 spiro atoms. The smallest absolute Gasteiger partial charge is 0.271 e. The molecule has 0 amide bonds. The summed E-state index contributed by atoms with van der Waals surface area (Å²) in [4.78, 5) is 10.3. The van der Waals surface area contributed by atoms with Gasteiger partial charge in [-0.15, -0.1) is 0 Å². The van der Waals surface area contributed by atoms with Crippen LogP contribution in [0.3, 0.4) is 0 Å². The van der Waals surface area contributed by atoms with Crippen molar-refractivity contribution >= 4 is 23.0 Å². The highest BCUT2D eigenvalue weighted by Gasteiger charge is 2.05. The highest BCUT2D eigenvalue weighted by molar-refractivity contribution is 6.31. The van der Waals surface area contributed by atoms with E-state index < -0.39 is 4.92 Å². The summed E-state index contributed by atoms with van der Waals surface area (Å²) in [6, 6.07) is 12.2. The average Bonchev–Trinajstić information content (AvgIpc) is 2.40. The van der Waals surface area contributed by atoms with Crippen molar-refractivity contribution in [2.45, 2.75) is 13.5 Å². The molecule has 5 heteroatoms. The molecule has 0 atom stereocenters. The van der Waals surface area contributed by atoms with Crippen LogP contribution in [0.1, 0.15) is 11.1 Å². The minimum absolute atomic E-state index is 0.0759. The number of aryl methyl sites for hydroxylation is 1. The van der Waals surface area contributed by atoms with Crippen LogP contribution in [0.2, 0.25) is 5.02 Å². The Morgan fingerprint density at radius 3 is 2.74 bits per heavy atom. The van der Waals surface area contributed by atoms with Gasteiger partial charge < -0.3 is 5.32 Å². The van der Waals surface area contributed by atoms with Crippen molar-refractivity contribution in [3.63, 3.8) is 0 Å². The average molecular weight is 277 g/mol. The number of benzene rings is 2. The van der Waals surface area contributed by atoms with Crippen molar-refractivity contribution in [1.82, 2.24) is 0 Å². The van der Waals surface area contributed by atoms with Gasteiger partial charge in [-0.05, 0) is 30.2 Å². The fourth-order valence-corrected chi connectivity index (χ4v) is 1.88. The molecule has 19 heavy (non-hydrogen) atoms. The molecule has 0 aromatic heterocycles. The lowest BCUT2D eigenvalue weighted by atomic mass is 10.1. The minimum atomic E-state index is -0.409. The van der Waals surface area contributed by atoms with Gasteiger partial charge >= 0.3 is 0 Å². The molecule has 2 rings (SSSR count). The molecule has 2 aromatic carbocycles. The van der Waals surface area contributed by atoms with Crippen LogP contribution in [0.25, 0.3) is 0 Å². The molecule has 0 heterocycles. The molecule has 2 aromatic rings. The molecule has 0 bridgehead atoms. The summed E-state index contributed by atoms with van der Waals surface area (Å²) in [7, 11) is 0. The Balaban J connectivity index is 2.07. The number of halogens is 1. The van der Waals surface area contributed by atoms with Gasteiger partial charge in [-0.25, -0.2) is 0 Å². The van der Waals surface area contributed by atoms with E-state index in [2.05, 4.69) is 5.32 Å². The minimum Gasteiger partial charge on any atom is -0.381 e. The van der Waals surface area contributed by atoms with Crippen LogP contribution in [0.4, 0.5) is 11.4 Å². The number of nitrogens with zero attached hydrogens (tertiary/aromatic N) is 1. The van der Waals surface area contributed by atoms with Gasteiger partial charge in [0.1, 0.15) is 0 Å². The maximum absolute atomic E-state index is 10.7. The van der Waals surface area contributed by atoms with Crippen molar-refractivity contribution in [3.05, 3.63) is 68.7 Å². The number of nitrogens with one attached hydrogen (secondary N) is 1. The van der Waals surface area contributed by atoms with Crippen LogP contribution in [-0.2, 0) is 6.54 Å². The lowest BCUT2D eigenvalue weighted by Gasteiger charge is -2.07. The quantitative estimate of drug-likeness (QED) is 0.673. The van der Waals surface area contributed by atoms with Crippen molar-refractivity contribution in [3.8, 4) is 0 Å². The SMILES string of the molecule is Cc1ccc(CNc2cccc([N+](=O)[O-])c2)cc1Cl. The number of anilines is 1. The first-order chi connectivity index (χ1) is 9.06. The standard InChI is InChI=1S/C14H13ClN2O2/c1-10-5-6-11(7-14(10)15)9-16-12-3-2-4-13(8-12)17(18)19/h2-8,16H,9H2,1H3. The Morgan fingerprint density at radius 1 is 1.26 bits per heavy atom. The van der Waals surface area contributed by atoms with E-state index in [1.165, 1.54) is 12.1 Å². The largest absolute Gasteiger partial charge is 0.381 e. The van der Waals surface area contributed by atoms with Gasteiger partial charge in [0.2, 0.25) is 0 Å². The first-order valence-electron chi connectivity index (χ1n) is 5.79. The number of nitro benzene ring substituents is 1. The van der Waals surface area contributed by atoms with Crippen molar-refractivity contribution in [2.24, 2.45) is 0 Å². The molecular formula is C14H13ClN2O2. The lowest BCUT2D eigenvalue weighted by Crippen LogP contribution is -2.00. The van der Waals surface area contributed by atoms with Crippen molar-refractivity contribution < 1.29 is 4.92 Å². The molecule has 98 valence electrons. The molecule has 0 aliphatic rings. The second kappa shape index (κ2) is 5.71.